The van der Waals surface area contributed by atoms with Gasteiger partial charge >= 0.3 is 0 Å². The van der Waals surface area contributed by atoms with E-state index in [-0.39, 0.29) is 11.9 Å². The molecule has 1 aromatic carbocycles. The van der Waals surface area contributed by atoms with Crippen molar-refractivity contribution in [1.82, 2.24) is 9.47 Å². The second-order valence-corrected chi connectivity index (χ2v) is 6.42. The summed E-state index contributed by atoms with van der Waals surface area (Å²) >= 11 is 0. The lowest BCUT2D eigenvalue weighted by Gasteiger charge is -2.36. The van der Waals surface area contributed by atoms with E-state index in [1.807, 2.05) is 23.1 Å². The summed E-state index contributed by atoms with van der Waals surface area (Å²) in [6.07, 6.45) is 2.09. The number of para-hydroxylation sites is 1. The molecule has 2 aliphatic rings. The number of nitrogens with zero attached hydrogens (tertiary/aromatic N) is 3. The highest BCUT2D eigenvalue weighted by Gasteiger charge is 2.30. The first-order chi connectivity index (χ1) is 11.8. The Morgan fingerprint density at radius 2 is 1.83 bits per heavy atom. The van der Waals surface area contributed by atoms with Crippen molar-refractivity contribution in [2.24, 2.45) is 0 Å². The summed E-state index contributed by atoms with van der Waals surface area (Å²) in [6.45, 7) is 6.83. The van der Waals surface area contributed by atoms with Crippen LogP contribution in [0, 0.1) is 0 Å². The van der Waals surface area contributed by atoms with Crippen molar-refractivity contribution in [2.45, 2.75) is 19.5 Å². The lowest BCUT2D eigenvalue weighted by molar-refractivity contribution is 0.0643. The van der Waals surface area contributed by atoms with Crippen molar-refractivity contribution < 1.29 is 9.53 Å². The Hall–Kier alpha value is -2.27. The van der Waals surface area contributed by atoms with Crippen molar-refractivity contribution in [3.05, 3.63) is 53.9 Å². The number of rotatable bonds is 2. The summed E-state index contributed by atoms with van der Waals surface area (Å²) in [5.74, 6) is 0.122. The Kier molecular flexibility index (Phi) is 4.02. The third kappa shape index (κ3) is 2.59. The molecule has 0 saturated carbocycles. The fourth-order valence-electron chi connectivity index (χ4n) is 3.75. The summed E-state index contributed by atoms with van der Waals surface area (Å²) < 4.78 is 7.68. The molecule has 1 aromatic heterocycles. The van der Waals surface area contributed by atoms with Gasteiger partial charge in [-0.25, -0.2) is 0 Å². The van der Waals surface area contributed by atoms with E-state index in [2.05, 4.69) is 40.8 Å². The van der Waals surface area contributed by atoms with Gasteiger partial charge < -0.3 is 19.1 Å². The van der Waals surface area contributed by atoms with Crippen LogP contribution in [0.25, 0.3) is 0 Å². The van der Waals surface area contributed by atoms with Crippen molar-refractivity contribution >= 4 is 11.6 Å². The molecular weight excluding hydrogens is 302 g/mol. The van der Waals surface area contributed by atoms with Crippen LogP contribution < -0.4 is 4.90 Å². The monoisotopic (exact) mass is 325 g/mol. The molecular formula is C19H23N3O2. The topological polar surface area (TPSA) is 37.7 Å². The minimum atomic E-state index is 0.0963. The van der Waals surface area contributed by atoms with Gasteiger partial charge in [0.1, 0.15) is 0 Å². The Labute approximate surface area is 142 Å². The second-order valence-electron chi connectivity index (χ2n) is 6.42. The second kappa shape index (κ2) is 6.32. The molecule has 1 amide bonds. The molecule has 1 fully saturated rings. The number of fused-ring (bicyclic) bond motifs is 1. The minimum absolute atomic E-state index is 0.0963. The number of morpholine rings is 1. The Morgan fingerprint density at radius 3 is 2.67 bits per heavy atom. The largest absolute Gasteiger partial charge is 0.378 e. The van der Waals surface area contributed by atoms with Crippen molar-refractivity contribution in [1.29, 1.82) is 0 Å². The van der Waals surface area contributed by atoms with E-state index in [0.29, 0.717) is 0 Å². The van der Waals surface area contributed by atoms with Gasteiger partial charge in [-0.2, -0.15) is 0 Å². The van der Waals surface area contributed by atoms with Gasteiger partial charge in [-0.3, -0.25) is 4.79 Å². The zero-order chi connectivity index (χ0) is 16.5. The first kappa shape index (κ1) is 15.3. The van der Waals surface area contributed by atoms with E-state index in [1.165, 1.54) is 5.69 Å². The molecule has 1 atom stereocenters. The summed E-state index contributed by atoms with van der Waals surface area (Å²) in [5.41, 5.74) is 3.03. The lowest BCUT2D eigenvalue weighted by Crippen LogP contribution is -2.42. The zero-order valence-corrected chi connectivity index (χ0v) is 14.0. The number of anilines is 1. The molecule has 0 bridgehead atoms. The standard InChI is InChI=1S/C19H23N3O2/c1-15-17-7-4-8-20(17)9-10-22(15)19(23)16-5-2-3-6-18(16)21-11-13-24-14-12-21/h2-8,15H,9-14H2,1H3. The number of hydrogen-bond acceptors (Lipinski definition) is 3. The first-order valence-corrected chi connectivity index (χ1v) is 8.63. The number of hydrogen-bond donors (Lipinski definition) is 0. The van der Waals surface area contributed by atoms with Gasteiger partial charge in [-0.05, 0) is 31.2 Å². The SMILES string of the molecule is CC1c2cccn2CCN1C(=O)c1ccccc1N1CCOCC1. The molecule has 1 saturated heterocycles. The van der Waals surface area contributed by atoms with Crippen LogP contribution in [0.3, 0.4) is 0 Å². The third-order valence-electron chi connectivity index (χ3n) is 5.09. The van der Waals surface area contributed by atoms with Gasteiger partial charge in [0.05, 0.1) is 24.8 Å². The van der Waals surface area contributed by atoms with E-state index in [0.717, 1.165) is 50.6 Å². The van der Waals surface area contributed by atoms with Crippen LogP contribution in [0.1, 0.15) is 29.0 Å². The van der Waals surface area contributed by atoms with E-state index >= 15 is 0 Å². The fourth-order valence-corrected chi connectivity index (χ4v) is 3.75. The highest BCUT2D eigenvalue weighted by atomic mass is 16.5. The molecule has 126 valence electrons. The molecule has 3 heterocycles. The number of carbonyl (C=O) groups is 1. The van der Waals surface area contributed by atoms with Crippen LogP contribution in [0.4, 0.5) is 5.69 Å². The average Bonchev–Trinajstić information content (AvgIpc) is 3.12. The van der Waals surface area contributed by atoms with E-state index in [4.69, 9.17) is 4.74 Å². The molecule has 0 N–H and O–H groups in total. The highest BCUT2D eigenvalue weighted by Crippen LogP contribution is 2.30. The summed E-state index contributed by atoms with van der Waals surface area (Å²) in [7, 11) is 0. The zero-order valence-electron chi connectivity index (χ0n) is 14.0. The van der Waals surface area contributed by atoms with Crippen molar-refractivity contribution in [3.63, 3.8) is 0 Å². The Bertz CT molecular complexity index is 734. The number of aromatic nitrogens is 1. The first-order valence-electron chi connectivity index (χ1n) is 8.63. The van der Waals surface area contributed by atoms with Crippen LogP contribution in [-0.4, -0.2) is 48.2 Å². The summed E-state index contributed by atoms with van der Waals surface area (Å²) in [4.78, 5) is 17.5. The van der Waals surface area contributed by atoms with Gasteiger partial charge in [0, 0.05) is 43.8 Å². The van der Waals surface area contributed by atoms with Crippen LogP contribution in [0.2, 0.25) is 0 Å². The molecule has 0 spiro atoms. The van der Waals surface area contributed by atoms with E-state index in [9.17, 15) is 4.79 Å². The van der Waals surface area contributed by atoms with Crippen molar-refractivity contribution in [3.8, 4) is 0 Å². The fraction of sp³-hybridized carbons (Fsp3) is 0.421. The Morgan fingerprint density at radius 1 is 1.04 bits per heavy atom. The molecule has 1 unspecified atom stereocenters. The maximum absolute atomic E-state index is 13.3. The predicted octanol–water partition coefficient (Wildman–Crippen LogP) is 2.54. The van der Waals surface area contributed by atoms with Gasteiger partial charge in [-0.15, -0.1) is 0 Å². The minimum Gasteiger partial charge on any atom is -0.378 e. The van der Waals surface area contributed by atoms with Crippen LogP contribution >= 0.6 is 0 Å². The van der Waals surface area contributed by atoms with Gasteiger partial charge in [0.25, 0.3) is 5.91 Å². The molecule has 0 aliphatic carbocycles. The van der Waals surface area contributed by atoms with Crippen LogP contribution in [0.15, 0.2) is 42.6 Å². The number of benzene rings is 1. The number of amides is 1. The predicted molar refractivity (Wildman–Crippen MR) is 93.4 cm³/mol. The summed E-state index contributed by atoms with van der Waals surface area (Å²) in [5, 5.41) is 0. The maximum atomic E-state index is 13.3. The molecule has 4 rings (SSSR count). The normalized spacial score (nSPS) is 20.8. The highest BCUT2D eigenvalue weighted by molar-refractivity contribution is 6.00. The summed E-state index contributed by atoms with van der Waals surface area (Å²) in [6, 6.07) is 12.2. The van der Waals surface area contributed by atoms with Crippen molar-refractivity contribution in [2.75, 3.05) is 37.7 Å². The van der Waals surface area contributed by atoms with Gasteiger partial charge in [0.2, 0.25) is 0 Å². The molecule has 5 heteroatoms. The van der Waals surface area contributed by atoms with Crippen LogP contribution in [0.5, 0.6) is 0 Å². The van der Waals surface area contributed by atoms with Gasteiger partial charge in [-0.1, -0.05) is 12.1 Å². The quantitative estimate of drug-likeness (QED) is 0.851. The van der Waals surface area contributed by atoms with Gasteiger partial charge in [0.15, 0.2) is 0 Å². The number of carbonyl (C=O) groups excluding carboxylic acids is 1. The maximum Gasteiger partial charge on any atom is 0.256 e. The van der Waals surface area contributed by atoms with E-state index < -0.39 is 0 Å². The van der Waals surface area contributed by atoms with Crippen LogP contribution in [-0.2, 0) is 11.3 Å². The number of ether oxygens (including phenoxy) is 1. The van der Waals surface area contributed by atoms with E-state index in [1.54, 1.807) is 0 Å². The lowest BCUT2D eigenvalue weighted by atomic mass is 10.1. The molecule has 5 nitrogen and oxygen atoms in total. The Balaban J connectivity index is 1.63. The molecule has 2 aromatic rings. The molecule has 24 heavy (non-hydrogen) atoms. The smallest absolute Gasteiger partial charge is 0.256 e. The molecule has 0 radical (unpaired) electrons. The molecule has 2 aliphatic heterocycles. The average molecular weight is 325 g/mol. The third-order valence-corrected chi connectivity index (χ3v) is 5.09.